The zero-order valence-corrected chi connectivity index (χ0v) is 12.8. The molecule has 0 saturated heterocycles. The lowest BCUT2D eigenvalue weighted by Crippen LogP contribution is -2.27. The lowest BCUT2D eigenvalue weighted by atomic mass is 10.1. The topological polar surface area (TPSA) is 33.2 Å². The Kier molecular flexibility index (Phi) is 5.12. The average Bonchev–Trinajstić information content (AvgIpc) is 2.53. The van der Waals surface area contributed by atoms with Crippen LogP contribution in [0.1, 0.15) is 24.1 Å². The monoisotopic (exact) mass is 300 g/mol. The summed E-state index contributed by atoms with van der Waals surface area (Å²) < 4.78 is 0. The molecule has 0 aliphatic heterocycles. The van der Waals surface area contributed by atoms with Gasteiger partial charge in [0.25, 0.3) is 0 Å². The Hall–Kier alpha value is -2.13. The average molecular weight is 301 g/mol. The normalized spacial score (nSPS) is 12.3. The van der Waals surface area contributed by atoms with Gasteiger partial charge in [-0.15, -0.1) is 0 Å². The minimum atomic E-state index is -0.0543. The largest absolute Gasteiger partial charge is 0.335 e. The highest BCUT2D eigenvalue weighted by atomic mass is 35.5. The molecule has 0 spiro atoms. The molecular formula is C17H17ClN2O. The highest BCUT2D eigenvalue weighted by molar-refractivity contribution is 6.30. The molecule has 1 unspecified atom stereocenters. The van der Waals surface area contributed by atoms with Crippen molar-refractivity contribution in [1.29, 1.82) is 0 Å². The number of halogens is 1. The van der Waals surface area contributed by atoms with Gasteiger partial charge < -0.3 is 4.90 Å². The van der Waals surface area contributed by atoms with Crippen molar-refractivity contribution in [2.75, 3.05) is 7.05 Å². The molecule has 0 fully saturated rings. The quantitative estimate of drug-likeness (QED) is 0.801. The van der Waals surface area contributed by atoms with Crippen molar-refractivity contribution in [3.05, 3.63) is 71.0 Å². The highest BCUT2D eigenvalue weighted by Crippen LogP contribution is 2.21. The van der Waals surface area contributed by atoms with Crippen LogP contribution in [0.3, 0.4) is 0 Å². The van der Waals surface area contributed by atoms with Crippen LogP contribution in [0.4, 0.5) is 0 Å². The maximum atomic E-state index is 12.2. The Morgan fingerprint density at radius 3 is 2.62 bits per heavy atom. The Morgan fingerprint density at radius 2 is 2.00 bits per heavy atom. The summed E-state index contributed by atoms with van der Waals surface area (Å²) in [5.74, 6) is -0.0543. The van der Waals surface area contributed by atoms with Crippen molar-refractivity contribution in [3.63, 3.8) is 0 Å². The number of likely N-dealkylation sites (N-methyl/N-ethyl adjacent to an activating group) is 1. The molecule has 3 nitrogen and oxygen atoms in total. The van der Waals surface area contributed by atoms with E-state index in [4.69, 9.17) is 11.6 Å². The minimum Gasteiger partial charge on any atom is -0.335 e. The molecular weight excluding hydrogens is 284 g/mol. The Bertz CT molecular complexity index is 623. The summed E-state index contributed by atoms with van der Waals surface area (Å²) in [6.45, 7) is 1.99. The van der Waals surface area contributed by atoms with Crippen LogP contribution in [-0.2, 0) is 4.79 Å². The molecule has 0 aliphatic carbocycles. The molecule has 1 atom stereocenters. The summed E-state index contributed by atoms with van der Waals surface area (Å²) in [5, 5.41) is 0.691. The SMILES string of the molecule is CC(c1ccc(Cl)cc1)N(C)C(=O)/C=C/c1cccnc1. The second-order valence-electron chi connectivity index (χ2n) is 4.80. The fourth-order valence-electron chi connectivity index (χ4n) is 1.92. The molecule has 0 radical (unpaired) electrons. The molecule has 2 rings (SSSR count). The third-order valence-electron chi connectivity index (χ3n) is 3.38. The standard InChI is InChI=1S/C17H17ClN2O/c1-13(15-6-8-16(18)9-7-15)20(2)17(21)10-5-14-4-3-11-19-12-14/h3-13H,1-2H3/b10-5+. The van der Waals surface area contributed by atoms with E-state index >= 15 is 0 Å². The highest BCUT2D eigenvalue weighted by Gasteiger charge is 2.15. The number of carbonyl (C=O) groups is 1. The number of amides is 1. The summed E-state index contributed by atoms with van der Waals surface area (Å²) in [4.78, 5) is 17.9. The zero-order chi connectivity index (χ0) is 15.2. The summed E-state index contributed by atoms with van der Waals surface area (Å²) in [5.41, 5.74) is 1.95. The second-order valence-corrected chi connectivity index (χ2v) is 5.23. The first-order valence-electron chi connectivity index (χ1n) is 6.68. The lowest BCUT2D eigenvalue weighted by Gasteiger charge is -2.24. The fraction of sp³-hybridized carbons (Fsp3) is 0.176. The smallest absolute Gasteiger partial charge is 0.246 e. The van der Waals surface area contributed by atoms with Crippen LogP contribution < -0.4 is 0 Å². The molecule has 1 heterocycles. The van der Waals surface area contributed by atoms with Gasteiger partial charge in [0, 0.05) is 30.5 Å². The van der Waals surface area contributed by atoms with Crippen LogP contribution >= 0.6 is 11.6 Å². The molecule has 0 bridgehead atoms. The summed E-state index contributed by atoms with van der Waals surface area (Å²) >= 11 is 5.88. The number of aromatic nitrogens is 1. The number of hydrogen-bond acceptors (Lipinski definition) is 2. The Morgan fingerprint density at radius 1 is 1.29 bits per heavy atom. The first-order chi connectivity index (χ1) is 10.1. The molecule has 108 valence electrons. The predicted octanol–water partition coefficient (Wildman–Crippen LogP) is 3.97. The Balaban J connectivity index is 2.05. The van der Waals surface area contributed by atoms with E-state index in [1.165, 1.54) is 0 Å². The molecule has 0 N–H and O–H groups in total. The van der Waals surface area contributed by atoms with Gasteiger partial charge in [0.1, 0.15) is 0 Å². The summed E-state index contributed by atoms with van der Waals surface area (Å²) in [6, 6.07) is 11.2. The maximum Gasteiger partial charge on any atom is 0.246 e. The van der Waals surface area contributed by atoms with E-state index in [0.717, 1.165) is 11.1 Å². The predicted molar refractivity (Wildman–Crippen MR) is 85.9 cm³/mol. The first kappa shape index (κ1) is 15.3. The van der Waals surface area contributed by atoms with Crippen molar-refractivity contribution in [3.8, 4) is 0 Å². The van der Waals surface area contributed by atoms with Gasteiger partial charge >= 0.3 is 0 Å². The molecule has 1 aromatic carbocycles. The molecule has 1 aromatic heterocycles. The van der Waals surface area contributed by atoms with Crippen LogP contribution in [0.25, 0.3) is 6.08 Å². The van der Waals surface area contributed by atoms with E-state index in [9.17, 15) is 4.79 Å². The number of hydrogen-bond donors (Lipinski definition) is 0. The van der Waals surface area contributed by atoms with E-state index in [1.807, 2.05) is 43.3 Å². The number of rotatable bonds is 4. The number of carbonyl (C=O) groups excluding carboxylic acids is 1. The van der Waals surface area contributed by atoms with Crippen LogP contribution in [0, 0.1) is 0 Å². The van der Waals surface area contributed by atoms with Crippen LogP contribution in [0.2, 0.25) is 5.02 Å². The molecule has 0 aliphatic rings. The van der Waals surface area contributed by atoms with Gasteiger partial charge in [-0.05, 0) is 42.3 Å². The van der Waals surface area contributed by atoms with Crippen LogP contribution in [-0.4, -0.2) is 22.8 Å². The van der Waals surface area contributed by atoms with Crippen molar-refractivity contribution < 1.29 is 4.79 Å². The number of nitrogens with zero attached hydrogens (tertiary/aromatic N) is 2. The minimum absolute atomic E-state index is 0.0201. The lowest BCUT2D eigenvalue weighted by molar-refractivity contribution is -0.126. The van der Waals surface area contributed by atoms with Gasteiger partial charge in [-0.3, -0.25) is 9.78 Å². The van der Waals surface area contributed by atoms with Crippen LogP contribution in [0.5, 0.6) is 0 Å². The fourth-order valence-corrected chi connectivity index (χ4v) is 2.04. The third kappa shape index (κ3) is 4.17. The van der Waals surface area contributed by atoms with Gasteiger partial charge in [0.2, 0.25) is 5.91 Å². The molecule has 0 saturated carbocycles. The third-order valence-corrected chi connectivity index (χ3v) is 3.64. The molecule has 1 amide bonds. The van der Waals surface area contributed by atoms with Crippen molar-refractivity contribution in [2.24, 2.45) is 0 Å². The molecule has 21 heavy (non-hydrogen) atoms. The second kappa shape index (κ2) is 7.04. The zero-order valence-electron chi connectivity index (χ0n) is 12.0. The Labute approximate surface area is 129 Å². The first-order valence-corrected chi connectivity index (χ1v) is 7.06. The van der Waals surface area contributed by atoms with Gasteiger partial charge in [-0.1, -0.05) is 29.8 Å². The molecule has 2 aromatic rings. The van der Waals surface area contributed by atoms with Crippen LogP contribution in [0.15, 0.2) is 54.9 Å². The van der Waals surface area contributed by atoms with Crippen molar-refractivity contribution in [1.82, 2.24) is 9.88 Å². The number of benzene rings is 1. The summed E-state index contributed by atoms with van der Waals surface area (Å²) in [6.07, 6.45) is 6.74. The number of pyridine rings is 1. The van der Waals surface area contributed by atoms with Crippen molar-refractivity contribution in [2.45, 2.75) is 13.0 Å². The van der Waals surface area contributed by atoms with E-state index < -0.39 is 0 Å². The van der Waals surface area contributed by atoms with E-state index in [0.29, 0.717) is 5.02 Å². The van der Waals surface area contributed by atoms with E-state index in [-0.39, 0.29) is 11.9 Å². The van der Waals surface area contributed by atoms with E-state index in [1.54, 1.807) is 36.5 Å². The maximum absolute atomic E-state index is 12.2. The van der Waals surface area contributed by atoms with Gasteiger partial charge in [0.05, 0.1) is 6.04 Å². The van der Waals surface area contributed by atoms with Gasteiger partial charge in [-0.2, -0.15) is 0 Å². The molecule has 4 heteroatoms. The van der Waals surface area contributed by atoms with Gasteiger partial charge in [-0.25, -0.2) is 0 Å². The van der Waals surface area contributed by atoms with Gasteiger partial charge in [0.15, 0.2) is 0 Å². The van der Waals surface area contributed by atoms with Crippen molar-refractivity contribution >= 4 is 23.6 Å². The van der Waals surface area contributed by atoms with E-state index in [2.05, 4.69) is 4.98 Å². The summed E-state index contributed by atoms with van der Waals surface area (Å²) in [7, 11) is 1.79.